The van der Waals surface area contributed by atoms with Crippen LogP contribution in [0.25, 0.3) is 0 Å². The van der Waals surface area contributed by atoms with Gasteiger partial charge in [0, 0.05) is 37.8 Å². The molecule has 2 saturated heterocycles. The summed E-state index contributed by atoms with van der Waals surface area (Å²) in [5.41, 5.74) is 0.142. The molecule has 1 aliphatic carbocycles. The predicted molar refractivity (Wildman–Crippen MR) is 104 cm³/mol. The minimum absolute atomic E-state index is 0.0478. The van der Waals surface area contributed by atoms with E-state index >= 15 is 0 Å². The Labute approximate surface area is 164 Å². The Hall–Kier alpha value is -2.64. The molecular weight excluding hydrogens is 358 g/mol. The van der Waals surface area contributed by atoms with Gasteiger partial charge in [-0.2, -0.15) is 0 Å². The monoisotopic (exact) mass is 385 g/mol. The Morgan fingerprint density at radius 1 is 1.36 bits per heavy atom. The number of nitrogens with one attached hydrogen (secondary N) is 2. The first-order valence-electron chi connectivity index (χ1n) is 10.00. The van der Waals surface area contributed by atoms with Crippen molar-refractivity contribution >= 4 is 23.5 Å². The lowest BCUT2D eigenvalue weighted by Crippen LogP contribution is -2.56. The molecule has 0 bridgehead atoms. The fourth-order valence-corrected chi connectivity index (χ4v) is 4.63. The van der Waals surface area contributed by atoms with Crippen molar-refractivity contribution < 1.29 is 14.4 Å². The van der Waals surface area contributed by atoms with Crippen LogP contribution in [0.1, 0.15) is 33.1 Å². The number of nitrogens with zero attached hydrogens (tertiary/aromatic N) is 3. The van der Waals surface area contributed by atoms with Gasteiger partial charge in [-0.1, -0.05) is 6.92 Å². The number of hydrogen-bond donors (Lipinski definition) is 2. The van der Waals surface area contributed by atoms with E-state index in [0.29, 0.717) is 19.5 Å². The average molecular weight is 385 g/mol. The third-order valence-corrected chi connectivity index (χ3v) is 6.21. The number of pyridine rings is 1. The highest BCUT2D eigenvalue weighted by Gasteiger charge is 2.56. The SMILES string of the molecule is CC(CC1(C2CC2)NC(=O)NC1=O)C(=O)N1CCN(c2cccnc2)[C@@H](C)C1. The van der Waals surface area contributed by atoms with Gasteiger partial charge in [-0.15, -0.1) is 0 Å². The molecule has 4 amide bonds. The molecule has 28 heavy (non-hydrogen) atoms. The van der Waals surface area contributed by atoms with E-state index in [2.05, 4.69) is 27.4 Å². The van der Waals surface area contributed by atoms with Gasteiger partial charge in [0.25, 0.3) is 5.91 Å². The van der Waals surface area contributed by atoms with Gasteiger partial charge in [-0.3, -0.25) is 19.9 Å². The van der Waals surface area contributed by atoms with Gasteiger partial charge in [-0.25, -0.2) is 4.79 Å². The van der Waals surface area contributed by atoms with Crippen LogP contribution < -0.4 is 15.5 Å². The third kappa shape index (κ3) is 3.31. The van der Waals surface area contributed by atoms with Crippen molar-refractivity contribution in [2.24, 2.45) is 11.8 Å². The van der Waals surface area contributed by atoms with E-state index in [1.54, 1.807) is 6.20 Å². The van der Waals surface area contributed by atoms with Gasteiger partial charge in [-0.05, 0) is 44.2 Å². The van der Waals surface area contributed by atoms with Gasteiger partial charge in [0.15, 0.2) is 0 Å². The highest BCUT2D eigenvalue weighted by atomic mass is 16.2. The lowest BCUT2D eigenvalue weighted by molar-refractivity contribution is -0.137. The molecule has 3 fully saturated rings. The number of imide groups is 1. The number of carbonyl (C=O) groups is 3. The molecule has 1 aromatic heterocycles. The minimum Gasteiger partial charge on any atom is -0.364 e. The van der Waals surface area contributed by atoms with Crippen LogP contribution >= 0.6 is 0 Å². The summed E-state index contributed by atoms with van der Waals surface area (Å²) in [4.78, 5) is 45.6. The summed E-state index contributed by atoms with van der Waals surface area (Å²) in [6, 6.07) is 3.68. The Bertz CT molecular complexity index is 781. The Balaban J connectivity index is 1.41. The van der Waals surface area contributed by atoms with Crippen LogP contribution in [0.4, 0.5) is 10.5 Å². The normalized spacial score (nSPS) is 28.7. The van der Waals surface area contributed by atoms with Crippen molar-refractivity contribution in [2.45, 2.75) is 44.7 Å². The molecule has 4 rings (SSSR count). The standard InChI is InChI=1S/C20H27N5O3/c1-13(10-20(15-5-6-15)18(27)22-19(28)23-20)17(26)24-8-9-25(14(2)12-24)16-4-3-7-21-11-16/h3-4,7,11,13-15H,5-6,8-10,12H2,1-2H3,(H2,22,23,27,28)/t13?,14-,20?/m0/s1. The van der Waals surface area contributed by atoms with E-state index in [4.69, 9.17) is 0 Å². The van der Waals surface area contributed by atoms with Gasteiger partial charge in [0.2, 0.25) is 5.91 Å². The summed E-state index contributed by atoms with van der Waals surface area (Å²) >= 11 is 0. The first-order chi connectivity index (χ1) is 13.4. The average Bonchev–Trinajstić information content (AvgIpc) is 3.49. The number of hydrogen-bond acceptors (Lipinski definition) is 5. The zero-order valence-corrected chi connectivity index (χ0v) is 16.4. The Kier molecular flexibility index (Phi) is 4.72. The van der Waals surface area contributed by atoms with E-state index in [-0.39, 0.29) is 29.7 Å². The van der Waals surface area contributed by atoms with Crippen LogP contribution in [0.15, 0.2) is 24.5 Å². The van der Waals surface area contributed by atoms with E-state index in [0.717, 1.165) is 25.1 Å². The second kappa shape index (κ2) is 7.07. The highest BCUT2D eigenvalue weighted by Crippen LogP contribution is 2.44. The Morgan fingerprint density at radius 2 is 2.14 bits per heavy atom. The maximum atomic E-state index is 13.1. The number of anilines is 1. The predicted octanol–water partition coefficient (Wildman–Crippen LogP) is 1.13. The molecule has 0 spiro atoms. The van der Waals surface area contributed by atoms with Crippen LogP contribution in [0.5, 0.6) is 0 Å². The smallest absolute Gasteiger partial charge is 0.322 e. The van der Waals surface area contributed by atoms with E-state index < -0.39 is 11.6 Å². The molecular formula is C20H27N5O3. The maximum Gasteiger partial charge on any atom is 0.322 e. The lowest BCUT2D eigenvalue weighted by Gasteiger charge is -2.42. The summed E-state index contributed by atoms with van der Waals surface area (Å²) in [5.74, 6) is -0.432. The number of amides is 4. The van der Waals surface area contributed by atoms with Crippen molar-refractivity contribution in [3.63, 3.8) is 0 Å². The van der Waals surface area contributed by atoms with Gasteiger partial charge >= 0.3 is 6.03 Å². The van der Waals surface area contributed by atoms with Crippen LogP contribution in [-0.2, 0) is 9.59 Å². The molecule has 0 radical (unpaired) electrons. The second-order valence-corrected chi connectivity index (χ2v) is 8.30. The lowest BCUT2D eigenvalue weighted by atomic mass is 9.83. The molecule has 2 aliphatic heterocycles. The summed E-state index contributed by atoms with van der Waals surface area (Å²) in [6.45, 7) is 5.98. The topological polar surface area (TPSA) is 94.6 Å². The molecule has 3 atom stereocenters. The van der Waals surface area contributed by atoms with Crippen LogP contribution in [0.3, 0.4) is 0 Å². The third-order valence-electron chi connectivity index (χ3n) is 6.21. The van der Waals surface area contributed by atoms with Crippen molar-refractivity contribution in [2.75, 3.05) is 24.5 Å². The van der Waals surface area contributed by atoms with Gasteiger partial charge in [0.05, 0.1) is 11.9 Å². The molecule has 8 heteroatoms. The molecule has 1 aromatic rings. The quantitative estimate of drug-likeness (QED) is 0.741. The molecule has 0 aromatic carbocycles. The molecule has 1 saturated carbocycles. The minimum atomic E-state index is -0.921. The van der Waals surface area contributed by atoms with Crippen LogP contribution in [0, 0.1) is 11.8 Å². The highest BCUT2D eigenvalue weighted by molar-refractivity contribution is 6.07. The summed E-state index contributed by atoms with van der Waals surface area (Å²) in [6.07, 6.45) is 5.77. The summed E-state index contributed by atoms with van der Waals surface area (Å²) < 4.78 is 0. The zero-order valence-electron chi connectivity index (χ0n) is 16.4. The molecule has 2 unspecified atom stereocenters. The first-order valence-corrected chi connectivity index (χ1v) is 10.00. The van der Waals surface area contributed by atoms with Gasteiger partial charge < -0.3 is 15.1 Å². The van der Waals surface area contributed by atoms with Gasteiger partial charge in [0.1, 0.15) is 5.54 Å². The number of piperazine rings is 1. The molecule has 3 heterocycles. The van der Waals surface area contributed by atoms with Crippen molar-refractivity contribution in [3.8, 4) is 0 Å². The maximum absolute atomic E-state index is 13.1. The fourth-order valence-electron chi connectivity index (χ4n) is 4.63. The van der Waals surface area contributed by atoms with Crippen molar-refractivity contribution in [1.29, 1.82) is 0 Å². The summed E-state index contributed by atoms with van der Waals surface area (Å²) in [7, 11) is 0. The molecule has 150 valence electrons. The first kappa shape index (κ1) is 18.7. The van der Waals surface area contributed by atoms with Crippen molar-refractivity contribution in [3.05, 3.63) is 24.5 Å². The van der Waals surface area contributed by atoms with E-state index in [9.17, 15) is 14.4 Å². The van der Waals surface area contributed by atoms with E-state index in [1.807, 2.05) is 30.2 Å². The molecule has 8 nitrogen and oxygen atoms in total. The largest absolute Gasteiger partial charge is 0.364 e. The second-order valence-electron chi connectivity index (χ2n) is 8.30. The Morgan fingerprint density at radius 3 is 2.71 bits per heavy atom. The number of aromatic nitrogens is 1. The number of carbonyl (C=O) groups excluding carboxylic acids is 3. The fraction of sp³-hybridized carbons (Fsp3) is 0.600. The zero-order chi connectivity index (χ0) is 19.9. The molecule has 3 aliphatic rings. The molecule has 2 N–H and O–H groups in total. The number of rotatable bonds is 5. The van der Waals surface area contributed by atoms with E-state index in [1.165, 1.54) is 0 Å². The van der Waals surface area contributed by atoms with Crippen molar-refractivity contribution in [1.82, 2.24) is 20.5 Å². The number of urea groups is 1. The van der Waals surface area contributed by atoms with Crippen LogP contribution in [0.2, 0.25) is 0 Å². The van der Waals surface area contributed by atoms with Crippen LogP contribution in [-0.4, -0.2) is 58.9 Å². The summed E-state index contributed by atoms with van der Waals surface area (Å²) in [5, 5.41) is 5.18.